The number of rotatable bonds is 6. The van der Waals surface area contributed by atoms with Crippen molar-refractivity contribution in [3.8, 4) is 5.75 Å². The summed E-state index contributed by atoms with van der Waals surface area (Å²) in [5.74, 6) is 0.0322. The van der Waals surface area contributed by atoms with E-state index in [0.717, 1.165) is 39.6 Å². The Morgan fingerprint density at radius 3 is 2.72 bits per heavy atom. The van der Waals surface area contributed by atoms with Crippen molar-refractivity contribution in [1.29, 1.82) is 0 Å². The van der Waals surface area contributed by atoms with Crippen LogP contribution in [0.3, 0.4) is 0 Å². The summed E-state index contributed by atoms with van der Waals surface area (Å²) >= 11 is 0. The van der Waals surface area contributed by atoms with Crippen molar-refractivity contribution < 1.29 is 18.7 Å². The second-order valence-corrected chi connectivity index (χ2v) is 9.17. The average Bonchev–Trinajstić information content (AvgIpc) is 3.20. The zero-order valence-corrected chi connectivity index (χ0v) is 18.6. The van der Waals surface area contributed by atoms with E-state index in [0.29, 0.717) is 25.5 Å². The van der Waals surface area contributed by atoms with Crippen LogP contribution < -0.4 is 10.1 Å². The van der Waals surface area contributed by atoms with Crippen LogP contribution in [-0.4, -0.2) is 43.0 Å². The van der Waals surface area contributed by atoms with Gasteiger partial charge < -0.3 is 14.1 Å². The monoisotopic (exact) mass is 434 g/mol. The topological polar surface area (TPSA) is 71.8 Å². The van der Waals surface area contributed by atoms with E-state index in [1.165, 1.54) is 32.1 Å². The van der Waals surface area contributed by atoms with Gasteiger partial charge in [-0.3, -0.25) is 14.9 Å². The highest BCUT2D eigenvalue weighted by atomic mass is 16.5. The highest BCUT2D eigenvalue weighted by Gasteiger charge is 2.30. The Kier molecular flexibility index (Phi) is 5.87. The Bertz CT molecular complexity index is 1150. The maximum Gasteiger partial charge on any atom is 0.234 e. The van der Waals surface area contributed by atoms with Crippen molar-refractivity contribution >= 4 is 33.6 Å². The Morgan fingerprint density at radius 1 is 1.06 bits per heavy atom. The minimum absolute atomic E-state index is 0.208. The molecule has 168 valence electrons. The lowest BCUT2D eigenvalue weighted by atomic mass is 9.90. The van der Waals surface area contributed by atoms with E-state index in [1.54, 1.807) is 6.26 Å². The van der Waals surface area contributed by atoms with Crippen molar-refractivity contribution in [2.45, 2.75) is 56.9 Å². The van der Waals surface area contributed by atoms with Gasteiger partial charge in [-0.2, -0.15) is 0 Å². The van der Waals surface area contributed by atoms with Crippen LogP contribution in [0.15, 0.2) is 41.0 Å². The predicted octanol–water partition coefficient (Wildman–Crippen LogP) is 4.75. The summed E-state index contributed by atoms with van der Waals surface area (Å²) < 4.78 is 11.8. The molecule has 2 heterocycles. The predicted molar refractivity (Wildman–Crippen MR) is 124 cm³/mol. The molecule has 2 amide bonds. The lowest BCUT2D eigenvalue weighted by Gasteiger charge is -2.31. The van der Waals surface area contributed by atoms with Crippen molar-refractivity contribution in [2.24, 2.45) is 0 Å². The van der Waals surface area contributed by atoms with Crippen molar-refractivity contribution in [2.75, 3.05) is 20.2 Å². The van der Waals surface area contributed by atoms with Crippen LogP contribution >= 0.6 is 0 Å². The first-order chi connectivity index (χ1) is 15.6. The van der Waals surface area contributed by atoms with Crippen molar-refractivity contribution in [3.05, 3.63) is 42.2 Å². The summed E-state index contributed by atoms with van der Waals surface area (Å²) in [6.07, 6.45) is 9.15. The molecule has 3 aromatic rings. The fourth-order valence-electron chi connectivity index (χ4n) is 5.13. The molecular formula is C26H30N2O4. The normalized spacial score (nSPS) is 20.2. The van der Waals surface area contributed by atoms with Gasteiger partial charge in [-0.05, 0) is 61.3 Å². The van der Waals surface area contributed by atoms with Crippen LogP contribution in [0.25, 0.3) is 21.7 Å². The number of nitrogens with one attached hydrogen (secondary N) is 1. The Hall–Kier alpha value is -2.86. The first-order valence-corrected chi connectivity index (χ1v) is 11.7. The molecule has 0 bridgehead atoms. The Morgan fingerprint density at radius 2 is 1.91 bits per heavy atom. The highest BCUT2D eigenvalue weighted by molar-refractivity contribution is 6.04. The molecule has 2 fully saturated rings. The number of amides is 2. The number of furan rings is 1. The van der Waals surface area contributed by atoms with Gasteiger partial charge in [-0.1, -0.05) is 25.3 Å². The molecule has 0 radical (unpaired) electrons. The summed E-state index contributed by atoms with van der Waals surface area (Å²) in [4.78, 5) is 26.3. The molecule has 1 unspecified atom stereocenters. The van der Waals surface area contributed by atoms with E-state index < -0.39 is 0 Å². The zero-order valence-electron chi connectivity index (χ0n) is 18.6. The van der Waals surface area contributed by atoms with Crippen molar-refractivity contribution in [3.63, 3.8) is 0 Å². The number of piperidine rings is 1. The Labute approximate surface area is 187 Å². The van der Waals surface area contributed by atoms with Gasteiger partial charge >= 0.3 is 0 Å². The number of benzene rings is 2. The van der Waals surface area contributed by atoms with E-state index >= 15 is 0 Å². The summed E-state index contributed by atoms with van der Waals surface area (Å²) in [6.45, 7) is 1.58. The molecule has 1 N–H and O–H groups in total. The van der Waals surface area contributed by atoms with Gasteiger partial charge in [0.05, 0.1) is 12.2 Å². The number of carbonyl (C=O) groups excluding carboxylic acids is 2. The van der Waals surface area contributed by atoms with E-state index in [4.69, 9.17) is 9.15 Å². The molecule has 32 heavy (non-hydrogen) atoms. The maximum atomic E-state index is 12.4. The van der Waals surface area contributed by atoms with Crippen LogP contribution in [-0.2, 0) is 9.59 Å². The minimum Gasteiger partial charge on any atom is -0.492 e. The summed E-state index contributed by atoms with van der Waals surface area (Å²) in [5, 5.41) is 5.47. The van der Waals surface area contributed by atoms with Crippen molar-refractivity contribution in [1.82, 2.24) is 10.2 Å². The smallest absolute Gasteiger partial charge is 0.234 e. The van der Waals surface area contributed by atoms with Gasteiger partial charge in [0.1, 0.15) is 17.9 Å². The molecule has 6 nitrogen and oxygen atoms in total. The number of nitrogens with zero attached hydrogens (tertiary/aromatic N) is 1. The van der Waals surface area contributed by atoms with Gasteiger partial charge in [-0.15, -0.1) is 0 Å². The average molecular weight is 435 g/mol. The number of hydrogen-bond donors (Lipinski definition) is 1. The SMILES string of the molecule is CN(CCOc1ccc2cc3occ(C4CCC(=O)NC4=O)c3cc2c1)C1CCCCC1. The largest absolute Gasteiger partial charge is 0.492 e. The van der Waals surface area contributed by atoms with Gasteiger partial charge in [-0.25, -0.2) is 0 Å². The van der Waals surface area contributed by atoms with Crippen LogP contribution in [0.1, 0.15) is 56.4 Å². The lowest BCUT2D eigenvalue weighted by Crippen LogP contribution is -2.39. The first-order valence-electron chi connectivity index (χ1n) is 11.7. The number of ether oxygens (including phenoxy) is 1. The van der Waals surface area contributed by atoms with Gasteiger partial charge in [0.25, 0.3) is 0 Å². The van der Waals surface area contributed by atoms with Crippen LogP contribution in [0.2, 0.25) is 0 Å². The van der Waals surface area contributed by atoms with E-state index in [1.807, 2.05) is 18.2 Å². The lowest BCUT2D eigenvalue weighted by molar-refractivity contribution is -0.134. The number of likely N-dealkylation sites (N-methyl/N-ethyl adjacent to an activating group) is 1. The van der Waals surface area contributed by atoms with E-state index in [9.17, 15) is 9.59 Å². The molecule has 1 saturated heterocycles. The molecule has 1 aromatic heterocycles. The molecule has 6 heteroatoms. The first kappa shape index (κ1) is 21.0. The quantitative estimate of drug-likeness (QED) is 0.567. The molecule has 2 aromatic carbocycles. The molecule has 5 rings (SSSR count). The summed E-state index contributed by atoms with van der Waals surface area (Å²) in [5.41, 5.74) is 1.59. The molecule has 2 aliphatic rings. The second kappa shape index (κ2) is 8.94. The number of imide groups is 1. The van der Waals surface area contributed by atoms with E-state index in [2.05, 4.69) is 29.4 Å². The number of carbonyl (C=O) groups is 2. The van der Waals surface area contributed by atoms with Crippen LogP contribution in [0.5, 0.6) is 5.75 Å². The van der Waals surface area contributed by atoms with Gasteiger partial charge in [0, 0.05) is 30.0 Å². The third-order valence-corrected chi connectivity index (χ3v) is 7.06. The second-order valence-electron chi connectivity index (χ2n) is 9.17. The third-order valence-electron chi connectivity index (χ3n) is 7.06. The molecule has 0 spiro atoms. The summed E-state index contributed by atoms with van der Waals surface area (Å²) in [7, 11) is 2.20. The molecule has 1 atom stereocenters. The summed E-state index contributed by atoms with van der Waals surface area (Å²) in [6, 6.07) is 10.8. The van der Waals surface area contributed by atoms with Crippen LogP contribution in [0, 0.1) is 0 Å². The maximum absolute atomic E-state index is 12.4. The van der Waals surface area contributed by atoms with E-state index in [-0.39, 0.29) is 17.7 Å². The van der Waals surface area contributed by atoms with Gasteiger partial charge in [0.2, 0.25) is 11.8 Å². The molecule has 1 aliphatic carbocycles. The van der Waals surface area contributed by atoms with Crippen LogP contribution in [0.4, 0.5) is 0 Å². The zero-order chi connectivity index (χ0) is 22.1. The molecule has 1 aliphatic heterocycles. The molecular weight excluding hydrogens is 404 g/mol. The van der Waals surface area contributed by atoms with Gasteiger partial charge in [0.15, 0.2) is 0 Å². The fourth-order valence-corrected chi connectivity index (χ4v) is 5.13. The third kappa shape index (κ3) is 4.24. The molecule has 1 saturated carbocycles. The minimum atomic E-state index is -0.360. The fraction of sp³-hybridized carbons (Fsp3) is 0.462. The Balaban J connectivity index is 1.32. The standard InChI is InChI=1S/C26H30N2O4/c1-28(19-5-3-2-4-6-19)11-12-31-20-8-7-17-15-24-22(14-18(17)13-20)23(16-32-24)21-9-10-25(29)27-26(21)30/h7-8,13-16,19,21H,2-6,9-12H2,1H3,(H,27,29,30). The highest BCUT2D eigenvalue weighted by Crippen LogP contribution is 2.35. The number of fused-ring (bicyclic) bond motifs is 2. The number of hydrogen-bond acceptors (Lipinski definition) is 5.